The summed E-state index contributed by atoms with van der Waals surface area (Å²) < 4.78 is 1.76. The number of carbonyl (C=O) groups excluding carboxylic acids is 1. The Kier molecular flexibility index (Phi) is 1.62. The Morgan fingerprint density at radius 1 is 1.46 bits per heavy atom. The van der Waals surface area contributed by atoms with Crippen LogP contribution in [0.25, 0.3) is 5.78 Å². The van der Waals surface area contributed by atoms with E-state index in [1.165, 1.54) is 6.92 Å². The highest BCUT2D eigenvalue weighted by Crippen LogP contribution is 2.04. The lowest BCUT2D eigenvalue weighted by Crippen LogP contribution is -1.97. The van der Waals surface area contributed by atoms with E-state index in [0.717, 1.165) is 5.69 Å². The average Bonchev–Trinajstić information content (AvgIpc) is 2.42. The number of aryl methyl sites for hydroxylation is 1. The summed E-state index contributed by atoms with van der Waals surface area (Å²) in [7, 11) is 0. The van der Waals surface area contributed by atoms with E-state index in [0.29, 0.717) is 11.3 Å². The molecule has 2 aromatic heterocycles. The number of aromatic nitrogens is 3. The third kappa shape index (κ3) is 1.30. The maximum absolute atomic E-state index is 11.0. The van der Waals surface area contributed by atoms with Gasteiger partial charge in [-0.15, -0.1) is 0 Å². The van der Waals surface area contributed by atoms with Crippen molar-refractivity contribution in [3.63, 3.8) is 0 Å². The molecule has 0 N–H and O–H groups in total. The molecule has 0 aromatic carbocycles. The molecule has 2 aromatic rings. The summed E-state index contributed by atoms with van der Waals surface area (Å²) in [6.45, 7) is 3.41. The van der Waals surface area contributed by atoms with E-state index in [-0.39, 0.29) is 5.78 Å². The molecule has 66 valence electrons. The summed E-state index contributed by atoms with van der Waals surface area (Å²) in [5.41, 5.74) is 1.50. The normalized spacial score (nSPS) is 10.6. The van der Waals surface area contributed by atoms with E-state index >= 15 is 0 Å². The van der Waals surface area contributed by atoms with Crippen LogP contribution in [0.5, 0.6) is 0 Å². The van der Waals surface area contributed by atoms with Crippen LogP contribution >= 0.6 is 0 Å². The number of hydrogen-bond acceptors (Lipinski definition) is 3. The number of imidazole rings is 1. The van der Waals surface area contributed by atoms with Crippen LogP contribution in [0, 0.1) is 6.92 Å². The molecular weight excluding hydrogens is 166 g/mol. The van der Waals surface area contributed by atoms with Crippen LogP contribution in [0.4, 0.5) is 0 Å². The van der Waals surface area contributed by atoms with Crippen molar-refractivity contribution in [1.29, 1.82) is 0 Å². The largest absolute Gasteiger partial charge is 0.294 e. The molecule has 0 aliphatic rings. The number of carbonyl (C=O) groups is 1. The number of hydrogen-bond donors (Lipinski definition) is 0. The molecular formula is C9H9N3O. The third-order valence-electron chi connectivity index (χ3n) is 1.84. The van der Waals surface area contributed by atoms with Crippen molar-refractivity contribution in [1.82, 2.24) is 14.4 Å². The van der Waals surface area contributed by atoms with Gasteiger partial charge >= 0.3 is 0 Å². The minimum absolute atomic E-state index is 0.0146. The maximum Gasteiger partial charge on any atom is 0.233 e. The van der Waals surface area contributed by atoms with Gasteiger partial charge in [0.2, 0.25) is 5.78 Å². The SMILES string of the molecule is CC(=O)c1cnc2nc(C)cn2c1. The zero-order valence-corrected chi connectivity index (χ0v) is 7.48. The first-order chi connectivity index (χ1) is 6.16. The van der Waals surface area contributed by atoms with Gasteiger partial charge in [-0.2, -0.15) is 0 Å². The minimum Gasteiger partial charge on any atom is -0.294 e. The number of fused-ring (bicyclic) bond motifs is 1. The summed E-state index contributed by atoms with van der Waals surface area (Å²) in [5.74, 6) is 0.642. The van der Waals surface area contributed by atoms with E-state index in [1.807, 2.05) is 13.1 Å². The Bertz CT molecular complexity index is 473. The van der Waals surface area contributed by atoms with Crippen molar-refractivity contribution in [2.75, 3.05) is 0 Å². The van der Waals surface area contributed by atoms with Crippen LogP contribution in [0.15, 0.2) is 18.6 Å². The average molecular weight is 175 g/mol. The summed E-state index contributed by atoms with van der Waals surface area (Å²) in [4.78, 5) is 19.2. The topological polar surface area (TPSA) is 47.3 Å². The van der Waals surface area contributed by atoms with Crippen molar-refractivity contribution < 1.29 is 4.79 Å². The summed E-state index contributed by atoms with van der Waals surface area (Å²) in [5, 5.41) is 0. The third-order valence-corrected chi connectivity index (χ3v) is 1.84. The zero-order chi connectivity index (χ0) is 9.42. The molecule has 4 nitrogen and oxygen atoms in total. The van der Waals surface area contributed by atoms with E-state index in [2.05, 4.69) is 9.97 Å². The second-order valence-corrected chi connectivity index (χ2v) is 2.99. The first-order valence-electron chi connectivity index (χ1n) is 3.99. The van der Waals surface area contributed by atoms with Gasteiger partial charge in [0, 0.05) is 18.6 Å². The molecule has 0 aliphatic heterocycles. The molecule has 0 atom stereocenters. The fraction of sp³-hybridized carbons (Fsp3) is 0.222. The molecule has 0 bridgehead atoms. The Morgan fingerprint density at radius 2 is 2.23 bits per heavy atom. The van der Waals surface area contributed by atoms with Crippen LogP contribution in [0.3, 0.4) is 0 Å². The van der Waals surface area contributed by atoms with Gasteiger partial charge in [0.1, 0.15) is 0 Å². The fourth-order valence-electron chi connectivity index (χ4n) is 1.19. The second kappa shape index (κ2) is 2.65. The van der Waals surface area contributed by atoms with Crippen LogP contribution in [0.2, 0.25) is 0 Å². The smallest absolute Gasteiger partial charge is 0.233 e. The Morgan fingerprint density at radius 3 is 2.92 bits per heavy atom. The fourth-order valence-corrected chi connectivity index (χ4v) is 1.19. The highest BCUT2D eigenvalue weighted by Gasteiger charge is 2.03. The van der Waals surface area contributed by atoms with Crippen molar-refractivity contribution in [2.24, 2.45) is 0 Å². The Balaban J connectivity index is 2.67. The quantitative estimate of drug-likeness (QED) is 0.612. The van der Waals surface area contributed by atoms with Crippen molar-refractivity contribution >= 4 is 11.6 Å². The second-order valence-electron chi connectivity index (χ2n) is 2.99. The van der Waals surface area contributed by atoms with Crippen molar-refractivity contribution in [3.05, 3.63) is 29.8 Å². The molecule has 0 unspecified atom stereocenters. The highest BCUT2D eigenvalue weighted by molar-refractivity contribution is 5.93. The molecule has 0 spiro atoms. The maximum atomic E-state index is 11.0. The van der Waals surface area contributed by atoms with Gasteiger partial charge in [-0.3, -0.25) is 9.20 Å². The first kappa shape index (κ1) is 7.91. The standard InChI is InChI=1S/C9H9N3O/c1-6-4-12-5-8(7(2)13)3-10-9(12)11-6/h3-5H,1-2H3. The predicted octanol–water partition coefficient (Wildman–Crippen LogP) is 1.24. The lowest BCUT2D eigenvalue weighted by atomic mass is 10.2. The summed E-state index contributed by atoms with van der Waals surface area (Å²) in [6.07, 6.45) is 5.13. The van der Waals surface area contributed by atoms with Gasteiger partial charge in [0.05, 0.1) is 11.3 Å². The van der Waals surface area contributed by atoms with Crippen LogP contribution in [-0.2, 0) is 0 Å². The van der Waals surface area contributed by atoms with Crippen LogP contribution in [0.1, 0.15) is 23.0 Å². The van der Waals surface area contributed by atoms with E-state index < -0.39 is 0 Å². The van der Waals surface area contributed by atoms with Gasteiger partial charge in [-0.05, 0) is 13.8 Å². The molecule has 2 heterocycles. The number of Topliss-reactive ketones (excluding diaryl/α,β-unsaturated/α-hetero) is 1. The molecule has 4 heteroatoms. The van der Waals surface area contributed by atoms with Gasteiger partial charge in [-0.1, -0.05) is 0 Å². The Hall–Kier alpha value is -1.71. The van der Waals surface area contributed by atoms with E-state index in [1.54, 1.807) is 16.8 Å². The van der Waals surface area contributed by atoms with Crippen LogP contribution in [-0.4, -0.2) is 20.2 Å². The highest BCUT2D eigenvalue weighted by atomic mass is 16.1. The number of rotatable bonds is 1. The molecule has 0 saturated carbocycles. The Labute approximate surface area is 75.2 Å². The molecule has 0 fully saturated rings. The number of nitrogens with zero attached hydrogens (tertiary/aromatic N) is 3. The van der Waals surface area contributed by atoms with Gasteiger partial charge in [0.15, 0.2) is 5.78 Å². The molecule has 0 radical (unpaired) electrons. The van der Waals surface area contributed by atoms with E-state index in [9.17, 15) is 4.79 Å². The lowest BCUT2D eigenvalue weighted by molar-refractivity contribution is 0.101. The summed E-state index contributed by atoms with van der Waals surface area (Å²) >= 11 is 0. The zero-order valence-electron chi connectivity index (χ0n) is 7.48. The van der Waals surface area contributed by atoms with Crippen molar-refractivity contribution in [3.8, 4) is 0 Å². The molecule has 13 heavy (non-hydrogen) atoms. The molecule has 2 rings (SSSR count). The van der Waals surface area contributed by atoms with Gasteiger partial charge in [0.25, 0.3) is 0 Å². The molecule has 0 saturated heterocycles. The molecule has 0 amide bonds. The number of ketones is 1. The van der Waals surface area contributed by atoms with Gasteiger partial charge in [-0.25, -0.2) is 9.97 Å². The summed E-state index contributed by atoms with van der Waals surface area (Å²) in [6, 6.07) is 0. The first-order valence-corrected chi connectivity index (χ1v) is 3.99. The van der Waals surface area contributed by atoms with Crippen molar-refractivity contribution in [2.45, 2.75) is 13.8 Å². The van der Waals surface area contributed by atoms with Gasteiger partial charge < -0.3 is 0 Å². The minimum atomic E-state index is 0.0146. The predicted molar refractivity (Wildman–Crippen MR) is 47.7 cm³/mol. The molecule has 0 aliphatic carbocycles. The lowest BCUT2D eigenvalue weighted by Gasteiger charge is -1.95. The van der Waals surface area contributed by atoms with E-state index in [4.69, 9.17) is 0 Å². The van der Waals surface area contributed by atoms with Crippen LogP contribution < -0.4 is 0 Å². The monoisotopic (exact) mass is 175 g/mol.